The number of hydrogen-bond donors (Lipinski definition) is 1. The molecular weight excluding hydrogens is 342 g/mol. The first kappa shape index (κ1) is 20.5. The SMILES string of the molecule is C=C1C[C@@]23CC[C@H]4[C@@](C)(CCC[C@@]4(C)C(=O)NCCCCCC)[C@@H]2CC[C@@H]1C3. The molecule has 2 bridgehead atoms. The van der Waals surface area contributed by atoms with Gasteiger partial charge in [0.25, 0.3) is 0 Å². The maximum Gasteiger partial charge on any atom is 0.226 e. The Balaban J connectivity index is 1.50. The van der Waals surface area contributed by atoms with Crippen molar-refractivity contribution in [2.24, 2.45) is 34.0 Å². The van der Waals surface area contributed by atoms with Crippen LogP contribution in [0.2, 0.25) is 0 Å². The summed E-state index contributed by atoms with van der Waals surface area (Å²) in [6, 6.07) is 0. The van der Waals surface area contributed by atoms with E-state index in [0.29, 0.717) is 22.7 Å². The molecule has 2 nitrogen and oxygen atoms in total. The standard InChI is InChI=1S/C26H43NO/c1-5-6-7-8-16-27-23(28)25(4)14-9-13-24(3)21(25)12-15-26-17-19(2)20(18-26)10-11-22(24)26/h20-22H,2,5-18H2,1,3-4H3,(H,27,28)/t20-,21+,22+,24-,25-,26-/m1/s1. The molecule has 2 heteroatoms. The lowest BCUT2D eigenvalue weighted by atomic mass is 9.41. The number of hydrogen-bond acceptors (Lipinski definition) is 1. The van der Waals surface area contributed by atoms with E-state index < -0.39 is 0 Å². The van der Waals surface area contributed by atoms with Gasteiger partial charge in [0.2, 0.25) is 5.91 Å². The Morgan fingerprint density at radius 2 is 1.89 bits per heavy atom. The van der Waals surface area contributed by atoms with Crippen molar-refractivity contribution < 1.29 is 4.79 Å². The highest BCUT2D eigenvalue weighted by Crippen LogP contribution is 2.72. The predicted octanol–water partition coefficient (Wildman–Crippen LogP) is 6.65. The monoisotopic (exact) mass is 385 g/mol. The van der Waals surface area contributed by atoms with Gasteiger partial charge in [-0.15, -0.1) is 0 Å². The fourth-order valence-electron chi connectivity index (χ4n) is 8.58. The summed E-state index contributed by atoms with van der Waals surface area (Å²) in [7, 11) is 0. The second-order valence-electron chi connectivity index (χ2n) is 11.4. The highest BCUT2D eigenvalue weighted by molar-refractivity contribution is 5.82. The summed E-state index contributed by atoms with van der Waals surface area (Å²) in [5.74, 6) is 2.54. The van der Waals surface area contributed by atoms with Crippen molar-refractivity contribution >= 4 is 5.91 Å². The molecule has 4 fully saturated rings. The minimum atomic E-state index is -0.161. The van der Waals surface area contributed by atoms with Crippen molar-refractivity contribution in [2.45, 2.75) is 104 Å². The zero-order chi connectivity index (χ0) is 20.0. The molecule has 0 radical (unpaired) electrons. The normalized spacial score (nSPS) is 44.7. The molecule has 4 rings (SSSR count). The molecule has 158 valence electrons. The molecule has 0 heterocycles. The van der Waals surface area contributed by atoms with Crippen LogP contribution in [0.4, 0.5) is 0 Å². The van der Waals surface area contributed by atoms with Crippen LogP contribution in [0, 0.1) is 34.0 Å². The van der Waals surface area contributed by atoms with E-state index in [0.717, 1.165) is 31.2 Å². The lowest BCUT2D eigenvalue weighted by Crippen LogP contribution is -2.59. The van der Waals surface area contributed by atoms with Gasteiger partial charge >= 0.3 is 0 Å². The van der Waals surface area contributed by atoms with E-state index in [4.69, 9.17) is 0 Å². The number of allylic oxidation sites excluding steroid dienone is 1. The molecule has 0 saturated heterocycles. The number of nitrogens with one attached hydrogen (secondary N) is 1. The van der Waals surface area contributed by atoms with Gasteiger partial charge in [0.15, 0.2) is 0 Å². The van der Waals surface area contributed by atoms with Crippen molar-refractivity contribution in [3.8, 4) is 0 Å². The Morgan fingerprint density at radius 3 is 2.68 bits per heavy atom. The summed E-state index contributed by atoms with van der Waals surface area (Å²) < 4.78 is 0. The summed E-state index contributed by atoms with van der Waals surface area (Å²) in [6.07, 6.45) is 16.6. The molecule has 28 heavy (non-hydrogen) atoms. The molecule has 0 aliphatic heterocycles. The second kappa shape index (κ2) is 7.47. The van der Waals surface area contributed by atoms with Crippen LogP contribution in [0.3, 0.4) is 0 Å². The average Bonchev–Trinajstić information content (AvgIpc) is 2.89. The summed E-state index contributed by atoms with van der Waals surface area (Å²) in [5.41, 5.74) is 2.26. The van der Waals surface area contributed by atoms with E-state index in [1.807, 2.05) is 0 Å². The van der Waals surface area contributed by atoms with Crippen molar-refractivity contribution in [3.05, 3.63) is 12.2 Å². The van der Waals surface area contributed by atoms with Crippen LogP contribution in [0.15, 0.2) is 12.2 Å². The van der Waals surface area contributed by atoms with Gasteiger partial charge in [-0.3, -0.25) is 4.79 Å². The number of carbonyl (C=O) groups excluding carboxylic acids is 1. The molecule has 1 spiro atoms. The smallest absolute Gasteiger partial charge is 0.226 e. The summed E-state index contributed by atoms with van der Waals surface area (Å²) >= 11 is 0. The third-order valence-corrected chi connectivity index (χ3v) is 9.89. The molecular formula is C26H43NO. The summed E-state index contributed by atoms with van der Waals surface area (Å²) in [6.45, 7) is 12.5. The van der Waals surface area contributed by atoms with Crippen molar-refractivity contribution in [3.63, 3.8) is 0 Å². The third kappa shape index (κ3) is 3.08. The van der Waals surface area contributed by atoms with Gasteiger partial charge in [-0.1, -0.05) is 58.6 Å². The zero-order valence-electron chi connectivity index (χ0n) is 18.7. The third-order valence-electron chi connectivity index (χ3n) is 9.89. The topological polar surface area (TPSA) is 29.1 Å². The van der Waals surface area contributed by atoms with E-state index in [9.17, 15) is 4.79 Å². The van der Waals surface area contributed by atoms with Crippen molar-refractivity contribution in [1.29, 1.82) is 0 Å². The number of rotatable bonds is 6. The van der Waals surface area contributed by atoms with Crippen molar-refractivity contribution in [1.82, 2.24) is 5.32 Å². The Bertz CT molecular complexity index is 626. The van der Waals surface area contributed by atoms with Gasteiger partial charge in [-0.2, -0.15) is 0 Å². The Kier molecular flexibility index (Phi) is 5.47. The van der Waals surface area contributed by atoms with Crippen LogP contribution in [-0.4, -0.2) is 12.5 Å². The molecule has 4 aliphatic carbocycles. The first-order valence-corrected chi connectivity index (χ1v) is 12.3. The fourth-order valence-corrected chi connectivity index (χ4v) is 8.58. The van der Waals surface area contributed by atoms with E-state index in [2.05, 4.69) is 32.7 Å². The van der Waals surface area contributed by atoms with Gasteiger partial charge in [-0.25, -0.2) is 0 Å². The fraction of sp³-hybridized carbons (Fsp3) is 0.885. The van der Waals surface area contributed by atoms with E-state index in [1.165, 1.54) is 70.6 Å². The maximum absolute atomic E-state index is 13.4. The highest BCUT2D eigenvalue weighted by Gasteiger charge is 2.64. The van der Waals surface area contributed by atoms with Crippen LogP contribution >= 0.6 is 0 Å². The largest absolute Gasteiger partial charge is 0.356 e. The molecule has 0 aromatic carbocycles. The molecule has 0 aromatic rings. The zero-order valence-corrected chi connectivity index (χ0v) is 18.7. The quantitative estimate of drug-likeness (QED) is 0.402. The van der Waals surface area contributed by atoms with Crippen LogP contribution < -0.4 is 5.32 Å². The van der Waals surface area contributed by atoms with Gasteiger partial charge in [0.1, 0.15) is 0 Å². The predicted molar refractivity (Wildman–Crippen MR) is 117 cm³/mol. The van der Waals surface area contributed by atoms with Crippen LogP contribution in [0.1, 0.15) is 104 Å². The molecule has 1 N–H and O–H groups in total. The number of amides is 1. The van der Waals surface area contributed by atoms with Gasteiger partial charge in [0, 0.05) is 12.0 Å². The Labute approximate surface area is 173 Å². The second-order valence-corrected chi connectivity index (χ2v) is 11.4. The van der Waals surface area contributed by atoms with E-state index in [1.54, 1.807) is 5.57 Å². The minimum Gasteiger partial charge on any atom is -0.356 e. The number of carbonyl (C=O) groups is 1. The van der Waals surface area contributed by atoms with Crippen LogP contribution in [0.5, 0.6) is 0 Å². The van der Waals surface area contributed by atoms with E-state index in [-0.39, 0.29) is 5.41 Å². The highest BCUT2D eigenvalue weighted by atomic mass is 16.2. The van der Waals surface area contributed by atoms with Gasteiger partial charge < -0.3 is 5.32 Å². The molecule has 4 saturated carbocycles. The molecule has 4 aliphatic rings. The molecule has 0 aromatic heterocycles. The lowest BCUT2D eigenvalue weighted by Gasteiger charge is -2.63. The summed E-state index contributed by atoms with van der Waals surface area (Å²) in [4.78, 5) is 13.4. The number of unbranched alkanes of at least 4 members (excludes halogenated alkanes) is 3. The van der Waals surface area contributed by atoms with E-state index >= 15 is 0 Å². The molecule has 6 atom stereocenters. The average molecular weight is 386 g/mol. The van der Waals surface area contributed by atoms with Gasteiger partial charge in [0.05, 0.1) is 0 Å². The Morgan fingerprint density at radius 1 is 1.07 bits per heavy atom. The van der Waals surface area contributed by atoms with Gasteiger partial charge in [-0.05, 0) is 86.4 Å². The first-order chi connectivity index (χ1) is 13.4. The van der Waals surface area contributed by atoms with Crippen molar-refractivity contribution in [2.75, 3.05) is 6.54 Å². The minimum absolute atomic E-state index is 0.161. The number of fused-ring (bicyclic) bond motifs is 3. The molecule has 1 amide bonds. The van der Waals surface area contributed by atoms with Crippen LogP contribution in [0.25, 0.3) is 0 Å². The summed E-state index contributed by atoms with van der Waals surface area (Å²) in [5, 5.41) is 3.36. The maximum atomic E-state index is 13.4. The first-order valence-electron chi connectivity index (χ1n) is 12.3. The Hall–Kier alpha value is -0.790. The van der Waals surface area contributed by atoms with Crippen LogP contribution in [-0.2, 0) is 4.79 Å². The lowest BCUT2D eigenvalue weighted by molar-refractivity contribution is -0.167. The molecule has 0 unspecified atom stereocenters.